The average Bonchev–Trinajstić information content (AvgIpc) is 3.43. The minimum Gasteiger partial charge on any atom is -0.490 e. The van der Waals surface area contributed by atoms with Crippen molar-refractivity contribution < 1.29 is 23.3 Å². The summed E-state index contributed by atoms with van der Waals surface area (Å²) in [5, 5.41) is 2.34. The van der Waals surface area contributed by atoms with Crippen molar-refractivity contribution in [2.45, 2.75) is 70.8 Å². The van der Waals surface area contributed by atoms with Gasteiger partial charge in [-0.1, -0.05) is 42.8 Å². The lowest BCUT2D eigenvalue weighted by atomic mass is 9.68. The molecule has 3 aromatic rings. The Morgan fingerprint density at radius 1 is 1.18 bits per heavy atom. The molecule has 260 valence electrons. The molecular weight excluding hydrogens is 657 g/mol. The number of carbonyl (C=O) groups is 2. The lowest BCUT2D eigenvalue weighted by Crippen LogP contribution is -2.49. The fourth-order valence-corrected chi connectivity index (χ4v) is 10.7. The molecule has 2 amide bonds. The quantitative estimate of drug-likeness (QED) is 0.298. The van der Waals surface area contributed by atoms with Gasteiger partial charge in [0, 0.05) is 36.6 Å². The number of allylic oxidation sites excluding steroid dienone is 1. The second-order valence-corrected chi connectivity index (χ2v) is 17.6. The summed E-state index contributed by atoms with van der Waals surface area (Å²) in [5.74, 6) is 0.159. The number of rotatable bonds is 3. The fourth-order valence-electron chi connectivity index (χ4n) is 8.19. The molecule has 7 rings (SSSR count). The van der Waals surface area contributed by atoms with Crippen LogP contribution in [-0.2, 0) is 26.5 Å². The molecule has 0 saturated heterocycles. The smallest absolute Gasteiger partial charge is 0.286 e. The Balaban J connectivity index is 1.31. The molecule has 0 unspecified atom stereocenters. The van der Waals surface area contributed by atoms with Crippen molar-refractivity contribution >= 4 is 38.8 Å². The maximum atomic E-state index is 14.4. The van der Waals surface area contributed by atoms with E-state index < -0.39 is 21.7 Å². The topological polar surface area (TPSA) is 110 Å². The number of methoxy groups -OCH3 is 1. The third kappa shape index (κ3) is 6.94. The van der Waals surface area contributed by atoms with E-state index in [2.05, 4.69) is 56.2 Å². The summed E-state index contributed by atoms with van der Waals surface area (Å²) in [6.07, 6.45) is 10.2. The van der Waals surface area contributed by atoms with Crippen LogP contribution < -0.4 is 14.4 Å². The number of amides is 2. The Morgan fingerprint density at radius 3 is 2.80 bits per heavy atom. The van der Waals surface area contributed by atoms with Gasteiger partial charge in [0.2, 0.25) is 0 Å². The van der Waals surface area contributed by atoms with Gasteiger partial charge in [0.05, 0.1) is 29.2 Å². The number of hydrogen-bond acceptors (Lipinski definition) is 8. The first-order valence-corrected chi connectivity index (χ1v) is 20.0. The zero-order valence-corrected chi connectivity index (χ0v) is 30.4. The van der Waals surface area contributed by atoms with Gasteiger partial charge in [-0.15, -0.1) is 15.7 Å². The predicted octanol–water partition coefficient (Wildman–Crippen LogP) is 6.82. The Hall–Kier alpha value is -3.54. The van der Waals surface area contributed by atoms with Crippen LogP contribution in [-0.4, -0.2) is 59.7 Å². The summed E-state index contributed by atoms with van der Waals surface area (Å²) >= 11 is 1.33. The molecule has 1 saturated carbocycles. The molecule has 6 atom stereocenters. The number of aromatic nitrogens is 1. The summed E-state index contributed by atoms with van der Waals surface area (Å²) in [6, 6.07) is 12.2. The van der Waals surface area contributed by atoms with E-state index in [4.69, 9.17) is 9.47 Å². The van der Waals surface area contributed by atoms with Crippen LogP contribution in [0.3, 0.4) is 0 Å². The lowest BCUT2D eigenvalue weighted by molar-refractivity contribution is 0.0131. The predicted molar refractivity (Wildman–Crippen MR) is 194 cm³/mol. The molecule has 1 aromatic heterocycles. The second kappa shape index (κ2) is 13.6. The van der Waals surface area contributed by atoms with Crippen molar-refractivity contribution in [1.29, 1.82) is 0 Å². The van der Waals surface area contributed by atoms with Crippen LogP contribution >= 0.6 is 11.3 Å². The summed E-state index contributed by atoms with van der Waals surface area (Å²) in [7, 11) is -1.73. The number of benzene rings is 2. The van der Waals surface area contributed by atoms with Crippen molar-refractivity contribution in [2.75, 3.05) is 37.5 Å². The van der Waals surface area contributed by atoms with E-state index in [9.17, 15) is 13.8 Å². The molecule has 1 spiro atoms. The van der Waals surface area contributed by atoms with Gasteiger partial charge in [0.15, 0.2) is 0 Å². The Labute approximate surface area is 293 Å². The van der Waals surface area contributed by atoms with E-state index in [-0.39, 0.29) is 28.9 Å². The second-order valence-electron chi connectivity index (χ2n) is 14.5. The number of anilines is 1. The van der Waals surface area contributed by atoms with E-state index in [0.29, 0.717) is 30.4 Å². The molecule has 0 radical (unpaired) electrons. The van der Waals surface area contributed by atoms with Gasteiger partial charge in [-0.25, -0.2) is 9.19 Å². The number of aryl methyl sites for hydroxylation is 3. The third-order valence-corrected chi connectivity index (χ3v) is 13.6. The molecule has 2 aromatic carbocycles. The minimum atomic E-state index is -3.50. The fraction of sp³-hybridized carbons (Fsp3) is 0.500. The summed E-state index contributed by atoms with van der Waals surface area (Å²) in [6.45, 7) is 8.03. The first-order valence-electron chi connectivity index (χ1n) is 17.4. The highest BCUT2D eigenvalue weighted by atomic mass is 32.2. The Bertz CT molecular complexity index is 1910. The molecule has 4 aliphatic rings. The molecule has 9 nitrogen and oxygen atoms in total. The normalized spacial score (nSPS) is 30.5. The molecular formula is C38H46N4O5S2. The Morgan fingerprint density at radius 2 is 2.04 bits per heavy atom. The largest absolute Gasteiger partial charge is 0.490 e. The van der Waals surface area contributed by atoms with Gasteiger partial charge in [-0.3, -0.25) is 14.3 Å². The lowest BCUT2D eigenvalue weighted by Gasteiger charge is -2.46. The molecule has 1 fully saturated rings. The van der Waals surface area contributed by atoms with Crippen molar-refractivity contribution in [2.24, 2.45) is 22.1 Å². The van der Waals surface area contributed by atoms with E-state index in [1.807, 2.05) is 19.1 Å². The highest BCUT2D eigenvalue weighted by Crippen LogP contribution is 2.47. The van der Waals surface area contributed by atoms with Gasteiger partial charge in [0.25, 0.3) is 11.8 Å². The third-order valence-electron chi connectivity index (χ3n) is 10.8. The number of hydrogen-bond donors (Lipinski definition) is 1. The van der Waals surface area contributed by atoms with E-state index in [0.717, 1.165) is 61.6 Å². The zero-order chi connectivity index (χ0) is 34.3. The van der Waals surface area contributed by atoms with Gasteiger partial charge in [0.1, 0.15) is 21.4 Å². The molecule has 49 heavy (non-hydrogen) atoms. The summed E-state index contributed by atoms with van der Waals surface area (Å²) < 4.78 is 34.0. The van der Waals surface area contributed by atoms with Crippen LogP contribution in [0.4, 0.5) is 5.69 Å². The van der Waals surface area contributed by atoms with Crippen LogP contribution in [0.1, 0.15) is 81.6 Å². The number of nitrogens with zero attached hydrogens (tertiary/aromatic N) is 3. The van der Waals surface area contributed by atoms with E-state index in [1.54, 1.807) is 25.5 Å². The monoisotopic (exact) mass is 702 g/mol. The van der Waals surface area contributed by atoms with Crippen LogP contribution in [0.2, 0.25) is 0 Å². The van der Waals surface area contributed by atoms with Crippen molar-refractivity contribution in [3.8, 4) is 5.75 Å². The highest BCUT2D eigenvalue weighted by molar-refractivity contribution is 7.92. The number of fused-ring (bicyclic) bond motifs is 4. The average molecular weight is 703 g/mol. The molecule has 1 N–H and O–H groups in total. The molecule has 11 heteroatoms. The standard InChI is InChI=1S/C38H46N4O5S2/c1-24-10-14-31-27(17-24)8-6-16-38(31)22-42-19-29-11-13-30(29)34(46-4)9-5-7-25(2)21-49(45,41-37(44)32-20-48-26(3)39-32)40-36(43)28-12-15-35(47-23-38)33(42)18-28/h5,9-10,12,14-15,17-18,20,25,29-30,34H,6-8,11,13,16,19,21-23H2,1-4H3,(H,40,41,43,44,45)/b9-5+/t25-,29-,30+,34-,38-,49-/m0/s1. The summed E-state index contributed by atoms with van der Waals surface area (Å²) in [4.78, 5) is 33.8. The minimum absolute atomic E-state index is 0.0171. The van der Waals surface area contributed by atoms with Gasteiger partial charge >= 0.3 is 0 Å². The number of thiazole rings is 1. The number of carbonyl (C=O) groups excluding carboxylic acids is 2. The van der Waals surface area contributed by atoms with Crippen molar-refractivity contribution in [1.82, 2.24) is 9.71 Å². The van der Waals surface area contributed by atoms with Crippen LogP contribution in [0.15, 0.2) is 58.3 Å². The van der Waals surface area contributed by atoms with Crippen molar-refractivity contribution in [3.63, 3.8) is 0 Å². The van der Waals surface area contributed by atoms with Crippen LogP contribution in [0, 0.1) is 31.6 Å². The maximum absolute atomic E-state index is 14.4. The van der Waals surface area contributed by atoms with Gasteiger partial charge in [-0.2, -0.15) is 0 Å². The van der Waals surface area contributed by atoms with Gasteiger partial charge in [-0.05, 0) is 99.5 Å². The first kappa shape index (κ1) is 33.9. The van der Waals surface area contributed by atoms with Crippen molar-refractivity contribution in [3.05, 3.63) is 86.9 Å². The van der Waals surface area contributed by atoms with E-state index >= 15 is 0 Å². The highest BCUT2D eigenvalue weighted by Gasteiger charge is 2.44. The Kier molecular flexibility index (Phi) is 9.45. The summed E-state index contributed by atoms with van der Waals surface area (Å²) in [5.41, 5.74) is 5.16. The van der Waals surface area contributed by atoms with Gasteiger partial charge < -0.3 is 14.4 Å². The van der Waals surface area contributed by atoms with Crippen LogP contribution in [0.25, 0.3) is 0 Å². The maximum Gasteiger partial charge on any atom is 0.286 e. The SMILES string of the molecule is CO[C@H]1/C=C/C[C@H](C)C[S@@](=O)(NC(=O)c2csc(C)n2)=NC(=O)c2ccc3c(c2)N(C[C@@H]2CC[C@H]21)C[C@@]1(CCCc2cc(C)ccc21)CO3. The molecule has 2 aliphatic heterocycles. The number of nitrogens with one attached hydrogen (secondary N) is 1. The van der Waals surface area contributed by atoms with Crippen LogP contribution in [0.5, 0.6) is 5.75 Å². The molecule has 3 heterocycles. The first-order chi connectivity index (χ1) is 23.5. The zero-order valence-electron chi connectivity index (χ0n) is 28.8. The molecule has 2 bridgehead atoms. The molecule has 2 aliphatic carbocycles. The van der Waals surface area contributed by atoms with E-state index in [1.165, 1.54) is 28.0 Å². The number of ether oxygens (including phenoxy) is 2.